The Morgan fingerprint density at radius 2 is 1.41 bits per heavy atom. The molecule has 0 unspecified atom stereocenters. The van der Waals surface area contributed by atoms with Crippen molar-refractivity contribution in [3.63, 3.8) is 0 Å². The van der Waals surface area contributed by atoms with E-state index in [9.17, 15) is 14.7 Å². The van der Waals surface area contributed by atoms with Crippen LogP contribution in [0, 0.1) is 0 Å². The Labute approximate surface area is 157 Å². The quantitative estimate of drug-likeness (QED) is 0.778. The first-order chi connectivity index (χ1) is 13.1. The van der Waals surface area contributed by atoms with Gasteiger partial charge in [0.25, 0.3) is 5.91 Å². The maximum absolute atomic E-state index is 12.9. The summed E-state index contributed by atoms with van der Waals surface area (Å²) in [6.45, 7) is 0. The molecule has 27 heavy (non-hydrogen) atoms. The smallest absolute Gasteiger partial charge is 0.256 e. The summed E-state index contributed by atoms with van der Waals surface area (Å²) in [5.41, 5.74) is 4.90. The number of amides is 1. The molecular weight excluding hydrogens is 338 g/mol. The lowest BCUT2D eigenvalue weighted by Gasteiger charge is -2.15. The number of aryl methyl sites for hydroxylation is 2. The Morgan fingerprint density at radius 3 is 2.15 bits per heavy atom. The van der Waals surface area contributed by atoms with E-state index in [1.54, 1.807) is 42.5 Å². The van der Waals surface area contributed by atoms with Crippen LogP contribution in [-0.2, 0) is 12.8 Å². The van der Waals surface area contributed by atoms with Gasteiger partial charge in [0.15, 0.2) is 0 Å². The van der Waals surface area contributed by atoms with Crippen molar-refractivity contribution in [2.75, 3.05) is 5.32 Å². The van der Waals surface area contributed by atoms with Crippen LogP contribution in [-0.4, -0.2) is 11.9 Å². The molecule has 1 N–H and O–H groups in total. The Balaban J connectivity index is 1.69. The standard InChI is InChI=1S/C23H19NO3/c25-22(24-17-13-12-15-6-5-7-16(15)14-17)20-10-3-1-8-18(20)19-9-2-4-11-21(19)23(26)27/h1-4,8-14H,5-7H2,(H,24,25)(H,26,27)/p-1. The van der Waals surface area contributed by atoms with Crippen LogP contribution < -0.4 is 10.4 Å². The first-order valence-corrected chi connectivity index (χ1v) is 8.96. The van der Waals surface area contributed by atoms with Crippen LogP contribution in [0.2, 0.25) is 0 Å². The van der Waals surface area contributed by atoms with Crippen LogP contribution in [0.15, 0.2) is 66.7 Å². The summed E-state index contributed by atoms with van der Waals surface area (Å²) in [5.74, 6) is -1.53. The molecule has 134 valence electrons. The molecule has 3 aromatic rings. The number of hydrogen-bond acceptors (Lipinski definition) is 3. The number of benzene rings is 3. The maximum Gasteiger partial charge on any atom is 0.256 e. The fourth-order valence-corrected chi connectivity index (χ4v) is 3.66. The molecule has 1 aliphatic carbocycles. The highest BCUT2D eigenvalue weighted by Gasteiger charge is 2.16. The van der Waals surface area contributed by atoms with E-state index in [4.69, 9.17) is 0 Å². The van der Waals surface area contributed by atoms with Gasteiger partial charge in [0.05, 0.1) is 5.97 Å². The van der Waals surface area contributed by atoms with Gasteiger partial charge in [-0.2, -0.15) is 0 Å². The van der Waals surface area contributed by atoms with Crippen LogP contribution in [0.4, 0.5) is 5.69 Å². The second-order valence-corrected chi connectivity index (χ2v) is 6.67. The summed E-state index contributed by atoms with van der Waals surface area (Å²) >= 11 is 0. The zero-order valence-electron chi connectivity index (χ0n) is 14.7. The van der Waals surface area contributed by atoms with Crippen molar-refractivity contribution in [1.82, 2.24) is 0 Å². The summed E-state index contributed by atoms with van der Waals surface area (Å²) in [4.78, 5) is 24.4. The van der Waals surface area contributed by atoms with Crippen molar-refractivity contribution in [3.05, 3.63) is 89.0 Å². The molecule has 0 atom stereocenters. The van der Waals surface area contributed by atoms with E-state index in [0.717, 1.165) is 24.9 Å². The predicted octanol–water partition coefficient (Wildman–Crippen LogP) is 3.46. The summed E-state index contributed by atoms with van der Waals surface area (Å²) in [5, 5.41) is 14.4. The third-order valence-electron chi connectivity index (χ3n) is 4.97. The van der Waals surface area contributed by atoms with E-state index in [0.29, 0.717) is 16.7 Å². The van der Waals surface area contributed by atoms with Gasteiger partial charge in [0, 0.05) is 16.8 Å². The highest BCUT2D eigenvalue weighted by molar-refractivity contribution is 6.10. The number of fused-ring (bicyclic) bond motifs is 1. The van der Waals surface area contributed by atoms with Gasteiger partial charge in [-0.05, 0) is 59.7 Å². The molecule has 0 spiro atoms. The SMILES string of the molecule is O=C([O-])c1ccccc1-c1ccccc1C(=O)Nc1ccc2c(c1)CCC2. The largest absolute Gasteiger partial charge is 0.545 e. The number of rotatable bonds is 4. The molecule has 0 fully saturated rings. The molecule has 0 saturated carbocycles. The van der Waals surface area contributed by atoms with Crippen LogP contribution in [0.1, 0.15) is 38.3 Å². The van der Waals surface area contributed by atoms with Gasteiger partial charge in [0.1, 0.15) is 0 Å². The van der Waals surface area contributed by atoms with Crippen molar-refractivity contribution in [2.24, 2.45) is 0 Å². The topological polar surface area (TPSA) is 69.2 Å². The predicted molar refractivity (Wildman–Crippen MR) is 103 cm³/mol. The van der Waals surface area contributed by atoms with Crippen molar-refractivity contribution >= 4 is 17.6 Å². The number of carbonyl (C=O) groups excluding carboxylic acids is 2. The fourth-order valence-electron chi connectivity index (χ4n) is 3.66. The minimum absolute atomic E-state index is 0.0651. The molecule has 0 aromatic heterocycles. The van der Waals surface area contributed by atoms with Gasteiger partial charge >= 0.3 is 0 Å². The van der Waals surface area contributed by atoms with Crippen LogP contribution >= 0.6 is 0 Å². The monoisotopic (exact) mass is 356 g/mol. The highest BCUT2D eigenvalue weighted by Crippen LogP contribution is 2.29. The van der Waals surface area contributed by atoms with Crippen molar-refractivity contribution in [3.8, 4) is 11.1 Å². The van der Waals surface area contributed by atoms with E-state index < -0.39 is 5.97 Å². The van der Waals surface area contributed by atoms with E-state index >= 15 is 0 Å². The summed E-state index contributed by atoms with van der Waals surface area (Å²) in [6.07, 6.45) is 3.27. The van der Waals surface area contributed by atoms with Gasteiger partial charge in [-0.25, -0.2) is 0 Å². The molecule has 3 aromatic carbocycles. The average molecular weight is 356 g/mol. The molecule has 1 aliphatic rings. The average Bonchev–Trinajstić information content (AvgIpc) is 3.15. The molecule has 4 heteroatoms. The van der Waals surface area contributed by atoms with Crippen molar-refractivity contribution in [2.45, 2.75) is 19.3 Å². The van der Waals surface area contributed by atoms with E-state index in [-0.39, 0.29) is 11.5 Å². The normalized spacial score (nSPS) is 12.4. The minimum Gasteiger partial charge on any atom is -0.545 e. The van der Waals surface area contributed by atoms with Crippen LogP contribution in [0.5, 0.6) is 0 Å². The third-order valence-corrected chi connectivity index (χ3v) is 4.97. The number of hydrogen-bond donors (Lipinski definition) is 1. The van der Waals surface area contributed by atoms with Crippen molar-refractivity contribution < 1.29 is 14.7 Å². The molecule has 0 aliphatic heterocycles. The van der Waals surface area contributed by atoms with Gasteiger partial charge in [-0.15, -0.1) is 0 Å². The molecule has 4 nitrogen and oxygen atoms in total. The molecule has 0 heterocycles. The number of nitrogens with one attached hydrogen (secondary N) is 1. The lowest BCUT2D eigenvalue weighted by molar-refractivity contribution is -0.254. The van der Waals surface area contributed by atoms with Gasteiger partial charge in [-0.3, -0.25) is 4.79 Å². The Kier molecular flexibility index (Phi) is 4.47. The summed E-state index contributed by atoms with van der Waals surface area (Å²) < 4.78 is 0. The fraction of sp³-hybridized carbons (Fsp3) is 0.130. The van der Waals surface area contributed by atoms with E-state index in [2.05, 4.69) is 11.4 Å². The van der Waals surface area contributed by atoms with E-state index in [1.807, 2.05) is 12.1 Å². The summed E-state index contributed by atoms with van der Waals surface area (Å²) in [6, 6.07) is 19.6. The lowest BCUT2D eigenvalue weighted by Crippen LogP contribution is -2.23. The lowest BCUT2D eigenvalue weighted by atomic mass is 9.95. The zero-order valence-corrected chi connectivity index (χ0v) is 14.7. The van der Waals surface area contributed by atoms with Gasteiger partial charge in [-0.1, -0.05) is 48.5 Å². The minimum atomic E-state index is -1.26. The zero-order chi connectivity index (χ0) is 18.8. The molecule has 0 bridgehead atoms. The molecule has 0 radical (unpaired) electrons. The Bertz CT molecular complexity index is 1040. The second kappa shape index (κ2) is 7.08. The van der Waals surface area contributed by atoms with Gasteiger partial charge in [0.2, 0.25) is 0 Å². The third kappa shape index (κ3) is 3.34. The number of anilines is 1. The molecule has 0 saturated heterocycles. The second-order valence-electron chi connectivity index (χ2n) is 6.67. The van der Waals surface area contributed by atoms with Crippen LogP contribution in [0.25, 0.3) is 11.1 Å². The number of carboxylic acid groups (broad SMARTS) is 1. The van der Waals surface area contributed by atoms with E-state index in [1.165, 1.54) is 17.2 Å². The number of carboxylic acids is 1. The van der Waals surface area contributed by atoms with Crippen LogP contribution in [0.3, 0.4) is 0 Å². The summed E-state index contributed by atoms with van der Waals surface area (Å²) in [7, 11) is 0. The first kappa shape index (κ1) is 17.0. The van der Waals surface area contributed by atoms with Gasteiger partial charge < -0.3 is 15.2 Å². The van der Waals surface area contributed by atoms with Crippen molar-refractivity contribution in [1.29, 1.82) is 0 Å². The molecular formula is C23H18NO3-. The number of aromatic carboxylic acids is 1. The first-order valence-electron chi connectivity index (χ1n) is 8.96. The Morgan fingerprint density at radius 1 is 0.778 bits per heavy atom. The maximum atomic E-state index is 12.9. The number of carbonyl (C=O) groups is 2. The highest BCUT2D eigenvalue weighted by atomic mass is 16.4. The Hall–Kier alpha value is -3.40. The molecule has 1 amide bonds. The molecule has 4 rings (SSSR count).